The van der Waals surface area contributed by atoms with Crippen LogP contribution in [0.3, 0.4) is 0 Å². The van der Waals surface area contributed by atoms with Gasteiger partial charge in [-0.25, -0.2) is 0 Å². The molecule has 0 saturated carbocycles. The summed E-state index contributed by atoms with van der Waals surface area (Å²) in [5, 5.41) is 0. The molecule has 0 bridgehead atoms. The lowest BCUT2D eigenvalue weighted by Crippen LogP contribution is -1.70. The molecular weight excluding hydrogens is 76.1 g/mol. The first kappa shape index (κ1) is 1.65. The third-order valence-corrected chi connectivity index (χ3v) is 0.357. The Bertz CT molecular complexity index is 125. The highest BCUT2D eigenvalue weighted by Gasteiger charge is 1.74. The van der Waals surface area contributed by atoms with E-state index in [0.717, 1.165) is 0 Å². The van der Waals surface area contributed by atoms with Crippen LogP contribution in [0.15, 0.2) is 0 Å². The van der Waals surface area contributed by atoms with Crippen molar-refractivity contribution in [3.63, 3.8) is 0 Å². The van der Waals surface area contributed by atoms with Crippen molar-refractivity contribution < 1.29 is 10.3 Å². The SMILES string of the molecule is [2H]C(=O)C([2H])C([2H])C([2H])C. The average Bonchev–Trinajstić information content (AvgIpc) is 1.84. The lowest BCUT2D eigenvalue weighted by molar-refractivity contribution is -0.107. The maximum Gasteiger partial charge on any atom is 0.119 e. The molecule has 36 valence electrons. The second kappa shape index (κ2) is 4.67. The summed E-state index contributed by atoms with van der Waals surface area (Å²) in [5.41, 5.74) is 0. The van der Waals surface area contributed by atoms with Crippen molar-refractivity contribution in [3.8, 4) is 0 Å². The smallest absolute Gasteiger partial charge is 0.119 e. The largest absolute Gasteiger partial charge is 0.303 e. The van der Waals surface area contributed by atoms with Crippen LogP contribution < -0.4 is 0 Å². The van der Waals surface area contributed by atoms with Crippen molar-refractivity contribution in [1.82, 2.24) is 0 Å². The first-order valence-electron chi connectivity index (χ1n) is 3.97. The number of rotatable bonds is 3. The molecule has 0 amide bonds. The second-order valence-corrected chi connectivity index (χ2v) is 0.810. The molecule has 1 heteroatoms. The average molecular weight is 90.2 g/mol. The van der Waals surface area contributed by atoms with Crippen LogP contribution in [0.2, 0.25) is 0 Å². The van der Waals surface area contributed by atoms with Crippen LogP contribution in [0, 0.1) is 0 Å². The maximum absolute atomic E-state index is 10.2. The van der Waals surface area contributed by atoms with Gasteiger partial charge in [-0.3, -0.25) is 0 Å². The van der Waals surface area contributed by atoms with Crippen molar-refractivity contribution in [2.24, 2.45) is 0 Å². The van der Waals surface area contributed by atoms with E-state index < -0.39 is 25.5 Å². The van der Waals surface area contributed by atoms with Gasteiger partial charge in [0.2, 0.25) is 0 Å². The van der Waals surface area contributed by atoms with E-state index in [4.69, 9.17) is 5.48 Å². The molecule has 0 N–H and O–H groups in total. The Balaban J connectivity index is 3.94. The van der Waals surface area contributed by atoms with Gasteiger partial charge in [0.1, 0.15) is 7.63 Å². The van der Waals surface area contributed by atoms with Crippen molar-refractivity contribution in [2.45, 2.75) is 26.1 Å². The fraction of sp³-hybridized carbons (Fsp3) is 0.800. The van der Waals surface area contributed by atoms with Crippen LogP contribution in [0.5, 0.6) is 0 Å². The summed E-state index contributed by atoms with van der Waals surface area (Å²) in [6.07, 6.45) is -4.34. The van der Waals surface area contributed by atoms with Gasteiger partial charge < -0.3 is 4.79 Å². The Kier molecular flexibility index (Phi) is 1.28. The zero-order valence-electron chi connectivity index (χ0n) is 7.64. The highest BCUT2D eigenvalue weighted by atomic mass is 16.1. The minimum absolute atomic E-state index is 0.781. The van der Waals surface area contributed by atoms with Gasteiger partial charge in [0, 0.05) is 10.5 Å². The zero-order valence-corrected chi connectivity index (χ0v) is 3.64. The van der Waals surface area contributed by atoms with Gasteiger partial charge in [0.25, 0.3) is 0 Å². The molecule has 0 spiro atoms. The van der Waals surface area contributed by atoms with Gasteiger partial charge in [-0.05, 0) is 6.40 Å². The second-order valence-electron chi connectivity index (χ2n) is 0.810. The molecule has 0 aromatic rings. The monoisotopic (exact) mass is 90.1 g/mol. The van der Waals surface area contributed by atoms with Crippen molar-refractivity contribution in [1.29, 1.82) is 0 Å². The molecule has 0 fully saturated rings. The Morgan fingerprint density at radius 3 is 3.00 bits per heavy atom. The van der Waals surface area contributed by atoms with E-state index in [-0.39, 0.29) is 0 Å². The molecule has 3 unspecified atom stereocenters. The molecule has 1 nitrogen and oxygen atoms in total. The molecular formula is C5H10O. The Morgan fingerprint density at radius 2 is 2.83 bits per heavy atom. The molecule has 6 heavy (non-hydrogen) atoms. The van der Waals surface area contributed by atoms with Crippen LogP contribution >= 0.6 is 0 Å². The fourth-order valence-corrected chi connectivity index (χ4v) is 0.136. The van der Waals surface area contributed by atoms with Gasteiger partial charge in [-0.15, -0.1) is 0 Å². The summed E-state index contributed by atoms with van der Waals surface area (Å²) < 4.78 is 27.4. The van der Waals surface area contributed by atoms with Gasteiger partial charge in [-0.2, -0.15) is 0 Å². The number of carbonyl (C=O) groups excluding carboxylic acids is 1. The van der Waals surface area contributed by atoms with E-state index in [1.807, 2.05) is 0 Å². The van der Waals surface area contributed by atoms with Crippen LogP contribution in [-0.4, -0.2) is 6.26 Å². The minimum atomic E-state index is -1.38. The number of hydrogen-bond donors (Lipinski definition) is 0. The number of hydrogen-bond acceptors (Lipinski definition) is 1. The summed E-state index contributed by atoms with van der Waals surface area (Å²) in [6.45, 7) is 1.43. The standard InChI is InChI=1S/C5H10O/c1-2-3-4-5-6/h5H,2-4H2,1H3/i2D,3D,4D,5D. The molecule has 0 aromatic carbocycles. The summed E-state index contributed by atoms with van der Waals surface area (Å²) >= 11 is 0. The highest BCUT2D eigenvalue weighted by Crippen LogP contribution is 1.87. The lowest BCUT2D eigenvalue weighted by Gasteiger charge is -1.79. The normalized spacial score (nSPS) is 33.5. The third kappa shape index (κ3) is 3.67. The van der Waals surface area contributed by atoms with Gasteiger partial charge in [0.05, 0.1) is 0 Å². The molecule has 3 atom stereocenters. The quantitative estimate of drug-likeness (QED) is 0.478. The molecule has 0 aliphatic carbocycles. The van der Waals surface area contributed by atoms with E-state index in [1.165, 1.54) is 6.92 Å². The topological polar surface area (TPSA) is 17.1 Å². The summed E-state index contributed by atoms with van der Waals surface area (Å²) in [5.74, 6) is 0. The van der Waals surface area contributed by atoms with Crippen LogP contribution in [0.4, 0.5) is 0 Å². The minimum Gasteiger partial charge on any atom is -0.303 e. The predicted molar refractivity (Wildman–Crippen MR) is 25.6 cm³/mol. The van der Waals surface area contributed by atoms with Crippen molar-refractivity contribution in [2.75, 3.05) is 0 Å². The zero-order chi connectivity index (χ0) is 8.31. The van der Waals surface area contributed by atoms with E-state index in [2.05, 4.69) is 0 Å². The number of carbonyl (C=O) groups is 1. The molecule has 0 saturated heterocycles. The fourth-order valence-electron chi connectivity index (χ4n) is 0.136. The molecule has 0 heterocycles. The highest BCUT2D eigenvalue weighted by molar-refractivity contribution is 5.48. The van der Waals surface area contributed by atoms with E-state index in [0.29, 0.717) is 0 Å². The molecule has 0 rings (SSSR count). The van der Waals surface area contributed by atoms with E-state index in [9.17, 15) is 4.79 Å². The summed E-state index contributed by atoms with van der Waals surface area (Å²) in [4.78, 5) is 10.2. The molecule has 0 aliphatic rings. The summed E-state index contributed by atoms with van der Waals surface area (Å²) in [7, 11) is 0. The third-order valence-electron chi connectivity index (χ3n) is 0.357. The Morgan fingerprint density at radius 1 is 2.17 bits per heavy atom. The predicted octanol–water partition coefficient (Wildman–Crippen LogP) is 1.38. The van der Waals surface area contributed by atoms with Crippen LogP contribution in [0.1, 0.15) is 31.6 Å². The Hall–Kier alpha value is -0.330. The van der Waals surface area contributed by atoms with Crippen LogP contribution in [0.25, 0.3) is 0 Å². The molecule has 0 aliphatic heterocycles. The van der Waals surface area contributed by atoms with Gasteiger partial charge in [-0.1, -0.05) is 13.3 Å². The first-order chi connectivity index (χ1) is 4.46. The lowest BCUT2D eigenvalue weighted by atomic mass is 10.3. The molecule has 0 aromatic heterocycles. The first-order valence-corrected chi connectivity index (χ1v) is 1.74. The maximum atomic E-state index is 10.2. The van der Waals surface area contributed by atoms with Gasteiger partial charge in [0.15, 0.2) is 0 Å². The van der Waals surface area contributed by atoms with Gasteiger partial charge >= 0.3 is 0 Å². The van der Waals surface area contributed by atoms with Crippen molar-refractivity contribution >= 4 is 6.26 Å². The van der Waals surface area contributed by atoms with Crippen LogP contribution in [-0.2, 0) is 4.79 Å². The molecule has 0 radical (unpaired) electrons. The van der Waals surface area contributed by atoms with E-state index in [1.54, 1.807) is 0 Å². The van der Waals surface area contributed by atoms with E-state index >= 15 is 0 Å². The summed E-state index contributed by atoms with van der Waals surface area (Å²) in [6, 6.07) is 0. The Labute approximate surface area is 44.0 Å². The van der Waals surface area contributed by atoms with Crippen molar-refractivity contribution in [3.05, 3.63) is 0 Å². The number of aldehydes is 1.